The molecule has 0 atom stereocenters. The van der Waals surface area contributed by atoms with Crippen molar-refractivity contribution in [2.75, 3.05) is 0 Å². The van der Waals surface area contributed by atoms with Gasteiger partial charge in [-0.1, -0.05) is 42.5 Å². The second-order valence-electron chi connectivity index (χ2n) is 7.63. The maximum Gasteiger partial charge on any atom is 0.305 e. The SMILES string of the molecule is NC(=O)c1ccccc1OCc1cccc(C(=O)NNC(=O)c2ccc(COc3ccccc3)o2)c1. The Balaban J connectivity index is 1.29. The summed E-state index contributed by atoms with van der Waals surface area (Å²) in [5.41, 5.74) is 11.3. The van der Waals surface area contributed by atoms with Crippen molar-refractivity contribution >= 4 is 17.7 Å². The van der Waals surface area contributed by atoms with E-state index >= 15 is 0 Å². The minimum absolute atomic E-state index is 0.0252. The Bertz CT molecular complexity index is 1370. The molecule has 0 unspecified atom stereocenters. The molecule has 9 heteroatoms. The number of nitrogens with one attached hydrogen (secondary N) is 2. The van der Waals surface area contributed by atoms with Gasteiger partial charge < -0.3 is 19.6 Å². The third-order valence-electron chi connectivity index (χ3n) is 5.04. The number of hydrogen-bond acceptors (Lipinski definition) is 6. The summed E-state index contributed by atoms with van der Waals surface area (Å²) >= 11 is 0. The number of primary amides is 1. The fraction of sp³-hybridized carbons (Fsp3) is 0.0741. The third-order valence-corrected chi connectivity index (χ3v) is 5.04. The monoisotopic (exact) mass is 485 g/mol. The molecule has 1 aromatic heterocycles. The Morgan fingerprint density at radius 2 is 1.50 bits per heavy atom. The molecule has 0 bridgehead atoms. The zero-order valence-corrected chi connectivity index (χ0v) is 19.1. The minimum atomic E-state index is -0.614. The molecule has 0 aliphatic heterocycles. The molecule has 1 heterocycles. The van der Waals surface area contributed by atoms with E-state index in [0.717, 1.165) is 0 Å². The van der Waals surface area contributed by atoms with Crippen LogP contribution < -0.4 is 26.1 Å². The Morgan fingerprint density at radius 1 is 0.750 bits per heavy atom. The topological polar surface area (TPSA) is 133 Å². The van der Waals surface area contributed by atoms with Crippen LogP contribution in [0.2, 0.25) is 0 Å². The van der Waals surface area contributed by atoms with Crippen molar-refractivity contribution in [2.24, 2.45) is 5.73 Å². The van der Waals surface area contributed by atoms with E-state index in [1.54, 1.807) is 54.6 Å². The molecule has 0 aliphatic carbocycles. The first-order chi connectivity index (χ1) is 17.5. The molecule has 36 heavy (non-hydrogen) atoms. The number of hydrazine groups is 1. The largest absolute Gasteiger partial charge is 0.488 e. The van der Waals surface area contributed by atoms with Gasteiger partial charge in [-0.25, -0.2) is 0 Å². The lowest BCUT2D eigenvalue weighted by Crippen LogP contribution is -2.41. The highest BCUT2D eigenvalue weighted by molar-refractivity contribution is 5.98. The fourth-order valence-electron chi connectivity index (χ4n) is 3.26. The standard InChI is InChI=1S/C27H23N3O6/c28-25(31)22-11-4-5-12-23(22)35-16-18-7-6-8-19(15-18)26(32)29-30-27(33)24-14-13-21(36-24)17-34-20-9-2-1-3-10-20/h1-15H,16-17H2,(H2,28,31)(H,29,32)(H,30,33). The predicted molar refractivity (Wildman–Crippen MR) is 130 cm³/mol. The molecule has 182 valence electrons. The molecule has 0 saturated carbocycles. The van der Waals surface area contributed by atoms with E-state index in [2.05, 4.69) is 10.9 Å². The van der Waals surface area contributed by atoms with Gasteiger partial charge in [0, 0.05) is 5.56 Å². The summed E-state index contributed by atoms with van der Waals surface area (Å²) in [6, 6.07) is 25.6. The molecule has 0 spiro atoms. The van der Waals surface area contributed by atoms with Crippen LogP contribution in [-0.4, -0.2) is 17.7 Å². The first kappa shape index (κ1) is 24.1. The first-order valence-corrected chi connectivity index (χ1v) is 11.0. The Hall–Kier alpha value is -5.05. The lowest BCUT2D eigenvalue weighted by molar-refractivity contribution is 0.0828. The number of carbonyl (C=O) groups is 3. The maximum absolute atomic E-state index is 12.5. The van der Waals surface area contributed by atoms with Gasteiger partial charge in [-0.2, -0.15) is 0 Å². The van der Waals surface area contributed by atoms with E-state index in [-0.39, 0.29) is 24.5 Å². The van der Waals surface area contributed by atoms with Gasteiger partial charge in [0.1, 0.15) is 30.5 Å². The number of benzene rings is 3. The van der Waals surface area contributed by atoms with Crippen LogP contribution in [0, 0.1) is 0 Å². The molecule has 0 radical (unpaired) electrons. The molecule has 9 nitrogen and oxygen atoms in total. The summed E-state index contributed by atoms with van der Waals surface area (Å²) in [7, 11) is 0. The zero-order chi connectivity index (χ0) is 25.3. The molecule has 0 aliphatic rings. The van der Waals surface area contributed by atoms with Gasteiger partial charge in [0.25, 0.3) is 11.8 Å². The van der Waals surface area contributed by atoms with Gasteiger partial charge in [-0.15, -0.1) is 0 Å². The molecule has 0 saturated heterocycles. The smallest absolute Gasteiger partial charge is 0.305 e. The second kappa shape index (κ2) is 11.4. The molecule has 3 amide bonds. The number of hydrogen-bond donors (Lipinski definition) is 3. The van der Waals surface area contributed by atoms with E-state index in [1.807, 2.05) is 30.3 Å². The Kier molecular flexibility index (Phi) is 7.62. The number of rotatable bonds is 9. The van der Waals surface area contributed by atoms with Crippen LogP contribution in [0.1, 0.15) is 42.6 Å². The average molecular weight is 485 g/mol. The van der Waals surface area contributed by atoms with Crippen molar-refractivity contribution in [3.05, 3.63) is 119 Å². The van der Waals surface area contributed by atoms with Crippen molar-refractivity contribution in [3.63, 3.8) is 0 Å². The van der Waals surface area contributed by atoms with E-state index in [4.69, 9.17) is 19.6 Å². The number of ether oxygens (including phenoxy) is 2. The van der Waals surface area contributed by atoms with Gasteiger partial charge in [-0.05, 0) is 54.1 Å². The molecule has 4 aromatic rings. The van der Waals surface area contributed by atoms with Crippen LogP contribution in [-0.2, 0) is 13.2 Å². The van der Waals surface area contributed by atoms with Crippen molar-refractivity contribution < 1.29 is 28.3 Å². The molecular weight excluding hydrogens is 462 g/mol. The van der Waals surface area contributed by atoms with Crippen LogP contribution in [0.4, 0.5) is 0 Å². The van der Waals surface area contributed by atoms with E-state index in [9.17, 15) is 14.4 Å². The highest BCUT2D eigenvalue weighted by atomic mass is 16.5. The lowest BCUT2D eigenvalue weighted by atomic mass is 10.1. The number of furan rings is 1. The maximum atomic E-state index is 12.5. The van der Waals surface area contributed by atoms with E-state index < -0.39 is 17.7 Å². The highest BCUT2D eigenvalue weighted by Crippen LogP contribution is 2.19. The molecule has 3 aromatic carbocycles. The minimum Gasteiger partial charge on any atom is -0.488 e. The highest BCUT2D eigenvalue weighted by Gasteiger charge is 2.14. The summed E-state index contributed by atoms with van der Waals surface area (Å²) < 4.78 is 16.8. The molecule has 0 fully saturated rings. The van der Waals surface area contributed by atoms with Gasteiger partial charge in [0.05, 0.1) is 5.56 Å². The van der Waals surface area contributed by atoms with Crippen LogP contribution in [0.5, 0.6) is 11.5 Å². The Morgan fingerprint density at radius 3 is 2.31 bits per heavy atom. The van der Waals surface area contributed by atoms with Crippen molar-refractivity contribution in [1.82, 2.24) is 10.9 Å². The molecule has 4 rings (SSSR count). The number of carbonyl (C=O) groups excluding carboxylic acids is 3. The van der Waals surface area contributed by atoms with Crippen LogP contribution >= 0.6 is 0 Å². The van der Waals surface area contributed by atoms with Gasteiger partial charge in [0.15, 0.2) is 5.76 Å². The normalized spacial score (nSPS) is 10.3. The van der Waals surface area contributed by atoms with E-state index in [0.29, 0.717) is 28.4 Å². The lowest BCUT2D eigenvalue weighted by Gasteiger charge is -2.11. The number of nitrogens with two attached hydrogens (primary N) is 1. The average Bonchev–Trinajstić information content (AvgIpc) is 3.39. The predicted octanol–water partition coefficient (Wildman–Crippen LogP) is 3.61. The summed E-state index contributed by atoms with van der Waals surface area (Å²) in [6.07, 6.45) is 0. The molecular formula is C27H23N3O6. The summed E-state index contributed by atoms with van der Waals surface area (Å²) in [5, 5.41) is 0. The summed E-state index contributed by atoms with van der Waals surface area (Å²) in [4.78, 5) is 36.4. The van der Waals surface area contributed by atoms with Gasteiger partial charge in [0.2, 0.25) is 0 Å². The fourth-order valence-corrected chi connectivity index (χ4v) is 3.26. The second-order valence-corrected chi connectivity index (χ2v) is 7.63. The van der Waals surface area contributed by atoms with Crippen molar-refractivity contribution in [2.45, 2.75) is 13.2 Å². The zero-order valence-electron chi connectivity index (χ0n) is 19.1. The Labute approximate surface area is 206 Å². The van der Waals surface area contributed by atoms with Crippen LogP contribution in [0.25, 0.3) is 0 Å². The quantitative estimate of drug-likeness (QED) is 0.310. The number of amides is 3. The third kappa shape index (κ3) is 6.29. The van der Waals surface area contributed by atoms with Gasteiger partial charge in [-0.3, -0.25) is 25.2 Å². The number of para-hydroxylation sites is 2. The van der Waals surface area contributed by atoms with Crippen molar-refractivity contribution in [1.29, 1.82) is 0 Å². The summed E-state index contributed by atoms with van der Waals surface area (Å²) in [6.45, 7) is 0.264. The van der Waals surface area contributed by atoms with E-state index in [1.165, 1.54) is 6.07 Å². The van der Waals surface area contributed by atoms with Crippen molar-refractivity contribution in [3.8, 4) is 11.5 Å². The van der Waals surface area contributed by atoms with Crippen LogP contribution in [0.3, 0.4) is 0 Å². The summed E-state index contributed by atoms with van der Waals surface area (Å²) in [5.74, 6) is -0.227. The van der Waals surface area contributed by atoms with Crippen LogP contribution in [0.15, 0.2) is 95.4 Å². The first-order valence-electron chi connectivity index (χ1n) is 11.0. The molecule has 4 N–H and O–H groups in total. The van der Waals surface area contributed by atoms with Gasteiger partial charge >= 0.3 is 5.91 Å².